The molecule has 3 heteroatoms. The highest BCUT2D eigenvalue weighted by Crippen LogP contribution is 2.31. The summed E-state index contributed by atoms with van der Waals surface area (Å²) in [6.45, 7) is 4.58. The molecule has 1 aliphatic rings. The van der Waals surface area contributed by atoms with Gasteiger partial charge in [-0.05, 0) is 26.2 Å². The van der Waals surface area contributed by atoms with Crippen LogP contribution in [0.4, 0.5) is 0 Å². The molecule has 0 aromatic heterocycles. The van der Waals surface area contributed by atoms with Gasteiger partial charge in [-0.3, -0.25) is 4.79 Å². The lowest BCUT2D eigenvalue weighted by molar-refractivity contribution is -0.143. The van der Waals surface area contributed by atoms with Gasteiger partial charge in [-0.25, -0.2) is 0 Å². The van der Waals surface area contributed by atoms with Crippen LogP contribution in [0.5, 0.6) is 0 Å². The van der Waals surface area contributed by atoms with Crippen LogP contribution >= 0.6 is 0 Å². The zero-order valence-electron chi connectivity index (χ0n) is 12.7. The van der Waals surface area contributed by atoms with E-state index in [0.717, 1.165) is 12.8 Å². The molecular weight excluding hydrogens is 240 g/mol. The van der Waals surface area contributed by atoms with Crippen molar-refractivity contribution in [1.29, 1.82) is 0 Å². The molecule has 19 heavy (non-hydrogen) atoms. The van der Waals surface area contributed by atoms with Gasteiger partial charge < -0.3 is 9.47 Å². The molecule has 1 rings (SSSR count). The van der Waals surface area contributed by atoms with E-state index >= 15 is 0 Å². The normalized spacial score (nSPS) is 21.4. The summed E-state index contributed by atoms with van der Waals surface area (Å²) in [4.78, 5) is 11.1. The zero-order chi connectivity index (χ0) is 13.9. The number of ether oxygens (including phenoxy) is 2. The first-order valence-electron chi connectivity index (χ1n) is 8.09. The first-order valence-corrected chi connectivity index (χ1v) is 8.09. The number of epoxide rings is 1. The summed E-state index contributed by atoms with van der Waals surface area (Å²) in [5.74, 6) is -0.0485. The lowest BCUT2D eigenvalue weighted by Gasteiger charge is -2.02. The van der Waals surface area contributed by atoms with Gasteiger partial charge in [0.25, 0.3) is 0 Å². The Morgan fingerprint density at radius 3 is 2.26 bits per heavy atom. The monoisotopic (exact) mass is 270 g/mol. The van der Waals surface area contributed by atoms with Crippen molar-refractivity contribution in [2.75, 3.05) is 6.61 Å². The van der Waals surface area contributed by atoms with Crippen LogP contribution in [-0.2, 0) is 14.3 Å². The number of hydrogen-bond acceptors (Lipinski definition) is 3. The Morgan fingerprint density at radius 2 is 1.58 bits per heavy atom. The average Bonchev–Trinajstić information content (AvgIpc) is 3.14. The second-order valence-corrected chi connectivity index (χ2v) is 5.47. The molecule has 3 nitrogen and oxygen atoms in total. The second-order valence-electron chi connectivity index (χ2n) is 5.47. The van der Waals surface area contributed by atoms with Crippen LogP contribution in [0.1, 0.15) is 78.1 Å². The number of esters is 1. The van der Waals surface area contributed by atoms with Crippen molar-refractivity contribution in [1.82, 2.24) is 0 Å². The molecule has 0 N–H and O–H groups in total. The quantitative estimate of drug-likeness (QED) is 0.302. The van der Waals surface area contributed by atoms with Gasteiger partial charge in [0.1, 0.15) is 0 Å². The van der Waals surface area contributed by atoms with E-state index in [1.165, 1.54) is 44.9 Å². The second kappa shape index (κ2) is 10.2. The fourth-order valence-corrected chi connectivity index (χ4v) is 2.47. The summed E-state index contributed by atoms with van der Waals surface area (Å²) < 4.78 is 10.5. The van der Waals surface area contributed by atoms with Crippen LogP contribution in [0, 0.1) is 0 Å². The standard InChI is InChI=1S/C16H30O3/c1-3-5-11-14-15(19-14)12-9-7-6-8-10-13-16(17)18-4-2/h14-15H,3-13H2,1-2H3. The Bertz CT molecular complexity index is 240. The predicted molar refractivity (Wildman–Crippen MR) is 77.1 cm³/mol. The molecule has 0 aromatic rings. The third-order valence-corrected chi connectivity index (χ3v) is 3.70. The Balaban J connectivity index is 1.79. The summed E-state index contributed by atoms with van der Waals surface area (Å²) in [6, 6.07) is 0. The zero-order valence-corrected chi connectivity index (χ0v) is 12.7. The molecule has 0 aliphatic carbocycles. The first kappa shape index (κ1) is 16.5. The molecule has 0 amide bonds. The minimum atomic E-state index is -0.0485. The van der Waals surface area contributed by atoms with E-state index in [1.807, 2.05) is 6.92 Å². The van der Waals surface area contributed by atoms with Crippen molar-refractivity contribution < 1.29 is 14.3 Å². The van der Waals surface area contributed by atoms with Crippen LogP contribution < -0.4 is 0 Å². The van der Waals surface area contributed by atoms with E-state index in [4.69, 9.17) is 9.47 Å². The van der Waals surface area contributed by atoms with E-state index in [0.29, 0.717) is 25.2 Å². The highest BCUT2D eigenvalue weighted by atomic mass is 16.6. The van der Waals surface area contributed by atoms with Gasteiger partial charge >= 0.3 is 5.97 Å². The summed E-state index contributed by atoms with van der Waals surface area (Å²) in [5, 5.41) is 0. The molecule has 1 saturated heterocycles. The van der Waals surface area contributed by atoms with Gasteiger partial charge in [0.2, 0.25) is 0 Å². The lowest BCUT2D eigenvalue weighted by Crippen LogP contribution is -2.03. The van der Waals surface area contributed by atoms with Crippen LogP contribution in [0.2, 0.25) is 0 Å². The molecule has 0 radical (unpaired) electrons. The Kier molecular flexibility index (Phi) is 8.89. The van der Waals surface area contributed by atoms with Crippen molar-refractivity contribution >= 4 is 5.97 Å². The average molecular weight is 270 g/mol. The maximum absolute atomic E-state index is 11.1. The van der Waals surface area contributed by atoms with E-state index in [-0.39, 0.29) is 5.97 Å². The van der Waals surface area contributed by atoms with E-state index in [1.54, 1.807) is 0 Å². The van der Waals surface area contributed by atoms with Gasteiger partial charge in [0, 0.05) is 6.42 Å². The molecule has 2 atom stereocenters. The molecule has 2 unspecified atom stereocenters. The molecule has 0 spiro atoms. The van der Waals surface area contributed by atoms with E-state index in [9.17, 15) is 4.79 Å². The SMILES string of the molecule is CCCCC1OC1CCCCCCCC(=O)OCC. The molecule has 112 valence electrons. The molecule has 0 aromatic carbocycles. The van der Waals surface area contributed by atoms with Crippen molar-refractivity contribution in [2.45, 2.75) is 90.3 Å². The Morgan fingerprint density at radius 1 is 0.947 bits per heavy atom. The van der Waals surface area contributed by atoms with Crippen LogP contribution in [0.25, 0.3) is 0 Å². The minimum absolute atomic E-state index is 0.0485. The largest absolute Gasteiger partial charge is 0.466 e. The summed E-state index contributed by atoms with van der Waals surface area (Å²) in [7, 11) is 0. The molecule has 1 fully saturated rings. The third kappa shape index (κ3) is 8.25. The third-order valence-electron chi connectivity index (χ3n) is 3.70. The van der Waals surface area contributed by atoms with Crippen molar-refractivity contribution in [3.63, 3.8) is 0 Å². The number of carbonyl (C=O) groups is 1. The Hall–Kier alpha value is -0.570. The first-order chi connectivity index (χ1) is 9.27. The van der Waals surface area contributed by atoms with E-state index in [2.05, 4.69) is 6.92 Å². The number of hydrogen-bond donors (Lipinski definition) is 0. The van der Waals surface area contributed by atoms with Crippen LogP contribution in [0.15, 0.2) is 0 Å². The van der Waals surface area contributed by atoms with Gasteiger partial charge in [-0.15, -0.1) is 0 Å². The molecule has 0 bridgehead atoms. The lowest BCUT2D eigenvalue weighted by atomic mass is 10.1. The topological polar surface area (TPSA) is 38.8 Å². The highest BCUT2D eigenvalue weighted by Gasteiger charge is 2.36. The van der Waals surface area contributed by atoms with Crippen LogP contribution in [0.3, 0.4) is 0 Å². The number of carbonyl (C=O) groups excluding carboxylic acids is 1. The number of rotatable bonds is 12. The van der Waals surface area contributed by atoms with Gasteiger partial charge in [0.05, 0.1) is 18.8 Å². The van der Waals surface area contributed by atoms with Gasteiger partial charge in [-0.2, -0.15) is 0 Å². The predicted octanol–water partition coefficient (Wildman–Crippen LogP) is 4.24. The summed E-state index contributed by atoms with van der Waals surface area (Å²) in [6.07, 6.45) is 12.6. The van der Waals surface area contributed by atoms with Crippen LogP contribution in [-0.4, -0.2) is 24.8 Å². The fourth-order valence-electron chi connectivity index (χ4n) is 2.47. The molecule has 1 heterocycles. The fraction of sp³-hybridized carbons (Fsp3) is 0.938. The Labute approximate surface area is 118 Å². The van der Waals surface area contributed by atoms with E-state index < -0.39 is 0 Å². The molecular formula is C16H30O3. The van der Waals surface area contributed by atoms with Crippen molar-refractivity contribution in [2.24, 2.45) is 0 Å². The molecule has 1 aliphatic heterocycles. The molecule has 0 saturated carbocycles. The maximum Gasteiger partial charge on any atom is 0.305 e. The highest BCUT2D eigenvalue weighted by molar-refractivity contribution is 5.69. The summed E-state index contributed by atoms with van der Waals surface area (Å²) in [5.41, 5.74) is 0. The maximum atomic E-state index is 11.1. The van der Waals surface area contributed by atoms with Gasteiger partial charge in [0.15, 0.2) is 0 Å². The van der Waals surface area contributed by atoms with Crippen molar-refractivity contribution in [3.8, 4) is 0 Å². The number of unbranched alkanes of at least 4 members (excludes halogenated alkanes) is 5. The minimum Gasteiger partial charge on any atom is -0.466 e. The summed E-state index contributed by atoms with van der Waals surface area (Å²) >= 11 is 0. The van der Waals surface area contributed by atoms with Gasteiger partial charge in [-0.1, -0.05) is 45.4 Å². The smallest absolute Gasteiger partial charge is 0.305 e. The van der Waals surface area contributed by atoms with Crippen molar-refractivity contribution in [3.05, 3.63) is 0 Å².